The van der Waals surface area contributed by atoms with Crippen LogP contribution in [0.2, 0.25) is 0 Å². The van der Waals surface area contributed by atoms with Gasteiger partial charge in [-0.25, -0.2) is 0 Å². The van der Waals surface area contributed by atoms with E-state index >= 15 is 0 Å². The Morgan fingerprint density at radius 3 is 2.35 bits per heavy atom. The Hall–Kier alpha value is 0.230. The minimum Gasteiger partial charge on any atom is -0.385 e. The Kier molecular flexibility index (Phi) is 11.5. The molecule has 1 N–H and O–H groups in total. The molecule has 0 amide bonds. The quantitative estimate of drug-likeness (QED) is 0.548. The second-order valence-electron chi connectivity index (χ2n) is 4.23. The third-order valence-electron chi connectivity index (χ3n) is 3.23. The Morgan fingerprint density at radius 1 is 1.12 bits per heavy atom. The van der Waals surface area contributed by atoms with Gasteiger partial charge in [0.2, 0.25) is 0 Å². The molecule has 3 nitrogen and oxygen atoms in total. The first-order valence-electron chi connectivity index (χ1n) is 6.57. The van der Waals surface area contributed by atoms with Crippen LogP contribution in [0.1, 0.15) is 33.1 Å². The Balaban J connectivity index is 3.43. The third kappa shape index (κ3) is 8.03. The van der Waals surface area contributed by atoms with E-state index < -0.39 is 0 Å². The predicted octanol–water partition coefficient (Wildman–Crippen LogP) is 2.55. The van der Waals surface area contributed by atoms with Crippen molar-refractivity contribution in [2.75, 3.05) is 46.3 Å². The zero-order valence-corrected chi connectivity index (χ0v) is 12.7. The minimum atomic E-state index is 0.399. The number of thioether (sulfide) groups is 1. The summed E-state index contributed by atoms with van der Waals surface area (Å²) in [5.41, 5.74) is 0. The van der Waals surface area contributed by atoms with Crippen molar-refractivity contribution in [3.63, 3.8) is 0 Å². The number of hydrogen-bond acceptors (Lipinski definition) is 4. The van der Waals surface area contributed by atoms with Crippen molar-refractivity contribution in [2.24, 2.45) is 0 Å². The molecule has 104 valence electrons. The minimum absolute atomic E-state index is 0.399. The lowest BCUT2D eigenvalue weighted by molar-refractivity contribution is 0.104. The summed E-state index contributed by atoms with van der Waals surface area (Å²) in [6, 6.07) is 0. The number of ether oxygens (including phenoxy) is 2. The average molecular weight is 263 g/mol. The standard InChI is InChI=1S/C13H29NO2S/c1-5-13(6-2,17-4)12-14-8-11-16-10-7-9-15-3/h14H,5-12H2,1-4H3. The first-order valence-corrected chi connectivity index (χ1v) is 7.79. The van der Waals surface area contributed by atoms with Crippen LogP contribution < -0.4 is 5.32 Å². The fourth-order valence-corrected chi connectivity index (χ4v) is 2.55. The molecule has 0 saturated heterocycles. The number of methoxy groups -OCH3 is 1. The Labute approximate surface area is 111 Å². The van der Waals surface area contributed by atoms with E-state index in [2.05, 4.69) is 25.4 Å². The van der Waals surface area contributed by atoms with Crippen LogP contribution in [0.15, 0.2) is 0 Å². The molecule has 0 fully saturated rings. The zero-order valence-electron chi connectivity index (χ0n) is 11.9. The summed E-state index contributed by atoms with van der Waals surface area (Å²) in [4.78, 5) is 0. The summed E-state index contributed by atoms with van der Waals surface area (Å²) < 4.78 is 10.9. The molecule has 17 heavy (non-hydrogen) atoms. The van der Waals surface area contributed by atoms with Crippen molar-refractivity contribution < 1.29 is 9.47 Å². The SMILES string of the molecule is CCC(CC)(CNCCOCCCOC)SC. The summed E-state index contributed by atoms with van der Waals surface area (Å²) in [6.45, 7) is 8.92. The van der Waals surface area contributed by atoms with Gasteiger partial charge < -0.3 is 14.8 Å². The van der Waals surface area contributed by atoms with Crippen LogP contribution in [0, 0.1) is 0 Å². The number of nitrogens with one attached hydrogen (secondary N) is 1. The highest BCUT2D eigenvalue weighted by molar-refractivity contribution is 8.00. The van der Waals surface area contributed by atoms with Gasteiger partial charge in [-0.05, 0) is 25.5 Å². The lowest BCUT2D eigenvalue weighted by atomic mass is 10.0. The van der Waals surface area contributed by atoms with Crippen LogP contribution in [0.5, 0.6) is 0 Å². The van der Waals surface area contributed by atoms with Crippen LogP contribution in [0.3, 0.4) is 0 Å². The monoisotopic (exact) mass is 263 g/mol. The molecule has 0 aromatic carbocycles. The zero-order chi connectivity index (χ0) is 13.0. The van der Waals surface area contributed by atoms with E-state index in [4.69, 9.17) is 9.47 Å². The van der Waals surface area contributed by atoms with E-state index in [0.29, 0.717) is 4.75 Å². The predicted molar refractivity (Wildman–Crippen MR) is 77.0 cm³/mol. The fourth-order valence-electron chi connectivity index (χ4n) is 1.73. The Morgan fingerprint density at radius 2 is 1.82 bits per heavy atom. The van der Waals surface area contributed by atoms with Gasteiger partial charge in [0, 0.05) is 38.2 Å². The Bertz CT molecular complexity index is 155. The van der Waals surface area contributed by atoms with Gasteiger partial charge in [0.15, 0.2) is 0 Å². The third-order valence-corrected chi connectivity index (χ3v) is 4.82. The highest BCUT2D eigenvalue weighted by Gasteiger charge is 2.23. The van der Waals surface area contributed by atoms with Crippen molar-refractivity contribution in [1.29, 1.82) is 0 Å². The maximum absolute atomic E-state index is 5.50. The van der Waals surface area contributed by atoms with E-state index in [1.165, 1.54) is 12.8 Å². The van der Waals surface area contributed by atoms with E-state index in [0.717, 1.165) is 39.3 Å². The van der Waals surface area contributed by atoms with Crippen molar-refractivity contribution in [3.8, 4) is 0 Å². The van der Waals surface area contributed by atoms with Crippen LogP contribution in [0.25, 0.3) is 0 Å². The summed E-state index contributed by atoms with van der Waals surface area (Å²) >= 11 is 1.97. The molecule has 4 heteroatoms. The normalized spacial score (nSPS) is 12.0. The number of rotatable bonds is 12. The van der Waals surface area contributed by atoms with Gasteiger partial charge in [0.25, 0.3) is 0 Å². The summed E-state index contributed by atoms with van der Waals surface area (Å²) in [5.74, 6) is 0. The van der Waals surface area contributed by atoms with Gasteiger partial charge in [-0.3, -0.25) is 0 Å². The van der Waals surface area contributed by atoms with E-state index in [9.17, 15) is 0 Å². The lowest BCUT2D eigenvalue weighted by Crippen LogP contribution is -2.38. The van der Waals surface area contributed by atoms with E-state index in [1.807, 2.05) is 11.8 Å². The largest absolute Gasteiger partial charge is 0.385 e. The molecule has 0 heterocycles. The first-order chi connectivity index (χ1) is 8.24. The highest BCUT2D eigenvalue weighted by Crippen LogP contribution is 2.29. The van der Waals surface area contributed by atoms with Crippen LogP contribution in [0.4, 0.5) is 0 Å². The second-order valence-corrected chi connectivity index (χ2v) is 5.50. The van der Waals surface area contributed by atoms with Gasteiger partial charge in [-0.15, -0.1) is 0 Å². The van der Waals surface area contributed by atoms with Crippen molar-refractivity contribution in [2.45, 2.75) is 37.9 Å². The molecule has 0 aromatic heterocycles. The molecule has 0 spiro atoms. The van der Waals surface area contributed by atoms with Crippen LogP contribution >= 0.6 is 11.8 Å². The number of hydrogen-bond donors (Lipinski definition) is 1. The average Bonchev–Trinajstić information content (AvgIpc) is 2.38. The first kappa shape index (κ1) is 17.2. The summed E-state index contributed by atoms with van der Waals surface area (Å²) in [5, 5.41) is 3.49. The lowest BCUT2D eigenvalue weighted by Gasteiger charge is -2.29. The summed E-state index contributed by atoms with van der Waals surface area (Å²) in [7, 11) is 1.72. The summed E-state index contributed by atoms with van der Waals surface area (Å²) in [6.07, 6.45) is 5.61. The van der Waals surface area contributed by atoms with Crippen molar-refractivity contribution in [3.05, 3.63) is 0 Å². The van der Waals surface area contributed by atoms with Crippen LogP contribution in [-0.4, -0.2) is 51.0 Å². The van der Waals surface area contributed by atoms with Gasteiger partial charge in [-0.2, -0.15) is 11.8 Å². The molecule has 0 unspecified atom stereocenters. The fraction of sp³-hybridized carbons (Fsp3) is 1.00. The maximum Gasteiger partial charge on any atom is 0.0590 e. The van der Waals surface area contributed by atoms with E-state index in [1.54, 1.807) is 7.11 Å². The van der Waals surface area contributed by atoms with Gasteiger partial charge in [0.1, 0.15) is 0 Å². The molecule has 0 saturated carbocycles. The molecule has 0 aliphatic heterocycles. The molecular formula is C13H29NO2S. The van der Waals surface area contributed by atoms with Crippen molar-refractivity contribution in [1.82, 2.24) is 5.32 Å². The molecule has 0 aliphatic carbocycles. The molecule has 0 atom stereocenters. The molecular weight excluding hydrogens is 234 g/mol. The molecule has 0 aliphatic rings. The molecule has 0 rings (SSSR count). The van der Waals surface area contributed by atoms with Gasteiger partial charge in [0.05, 0.1) is 6.61 Å². The topological polar surface area (TPSA) is 30.5 Å². The molecule has 0 aromatic rings. The highest BCUT2D eigenvalue weighted by atomic mass is 32.2. The second kappa shape index (κ2) is 11.3. The van der Waals surface area contributed by atoms with Gasteiger partial charge >= 0.3 is 0 Å². The maximum atomic E-state index is 5.50. The van der Waals surface area contributed by atoms with Crippen LogP contribution in [-0.2, 0) is 9.47 Å². The van der Waals surface area contributed by atoms with E-state index in [-0.39, 0.29) is 0 Å². The smallest absolute Gasteiger partial charge is 0.0590 e. The molecule has 0 radical (unpaired) electrons. The van der Waals surface area contributed by atoms with Gasteiger partial charge in [-0.1, -0.05) is 13.8 Å². The molecule has 0 bridgehead atoms. The van der Waals surface area contributed by atoms with Crippen molar-refractivity contribution >= 4 is 11.8 Å².